The van der Waals surface area contributed by atoms with Crippen LogP contribution in [0.1, 0.15) is 25.7 Å². The first-order chi connectivity index (χ1) is 5.77. The van der Waals surface area contributed by atoms with Gasteiger partial charge >= 0.3 is 0 Å². The second-order valence-electron chi connectivity index (χ2n) is 3.36. The molecule has 0 saturated heterocycles. The number of methoxy groups -OCH3 is 1. The molecule has 0 atom stereocenters. The van der Waals surface area contributed by atoms with E-state index in [2.05, 4.69) is 18.3 Å². The minimum absolute atomic E-state index is 0.457. The Labute approximate surface area is 74.3 Å². The smallest absolute Gasteiger partial charge is 0.0571 e. The van der Waals surface area contributed by atoms with Crippen LogP contribution in [0.3, 0.4) is 0 Å². The SMILES string of the molecule is C=NC(=C)C1CCC(OC)CC1. The molecule has 1 aliphatic carbocycles. The van der Waals surface area contributed by atoms with Gasteiger partial charge in [0.25, 0.3) is 0 Å². The average Bonchev–Trinajstić information content (AvgIpc) is 2.17. The molecule has 0 aromatic rings. The lowest BCUT2D eigenvalue weighted by Gasteiger charge is -2.27. The van der Waals surface area contributed by atoms with E-state index in [9.17, 15) is 0 Å². The van der Waals surface area contributed by atoms with E-state index in [1.807, 2.05) is 0 Å². The first-order valence-electron chi connectivity index (χ1n) is 4.46. The molecule has 2 nitrogen and oxygen atoms in total. The van der Waals surface area contributed by atoms with Gasteiger partial charge in [-0.1, -0.05) is 6.58 Å². The average molecular weight is 167 g/mol. The standard InChI is InChI=1S/C10H17NO/c1-8(11-2)9-4-6-10(12-3)7-5-9/h9-10H,1-2,4-7H2,3H3. The molecule has 1 fully saturated rings. The Balaban J connectivity index is 2.35. The minimum atomic E-state index is 0.457. The maximum absolute atomic E-state index is 5.28. The van der Waals surface area contributed by atoms with Gasteiger partial charge in [-0.15, -0.1) is 0 Å². The minimum Gasteiger partial charge on any atom is -0.381 e. The van der Waals surface area contributed by atoms with Gasteiger partial charge in [-0.3, -0.25) is 4.99 Å². The summed E-state index contributed by atoms with van der Waals surface area (Å²) in [4.78, 5) is 3.88. The normalized spacial score (nSPS) is 29.8. The molecule has 0 radical (unpaired) electrons. The lowest BCUT2D eigenvalue weighted by Crippen LogP contribution is -2.20. The molecule has 12 heavy (non-hydrogen) atoms. The predicted octanol–water partition coefficient (Wildman–Crippen LogP) is 2.41. The maximum Gasteiger partial charge on any atom is 0.0571 e. The van der Waals surface area contributed by atoms with E-state index in [1.54, 1.807) is 7.11 Å². The summed E-state index contributed by atoms with van der Waals surface area (Å²) >= 11 is 0. The first-order valence-corrected chi connectivity index (χ1v) is 4.46. The maximum atomic E-state index is 5.28. The Bertz CT molecular complexity index is 169. The number of rotatable bonds is 3. The third kappa shape index (κ3) is 2.18. The van der Waals surface area contributed by atoms with E-state index in [0.717, 1.165) is 31.4 Å². The molecule has 0 spiro atoms. The summed E-state index contributed by atoms with van der Waals surface area (Å²) in [5.41, 5.74) is 0.949. The summed E-state index contributed by atoms with van der Waals surface area (Å²) in [6.45, 7) is 7.37. The van der Waals surface area contributed by atoms with Crippen molar-refractivity contribution in [2.45, 2.75) is 31.8 Å². The van der Waals surface area contributed by atoms with Gasteiger partial charge in [0.1, 0.15) is 0 Å². The number of aliphatic imine (C=N–C) groups is 1. The molecule has 0 bridgehead atoms. The molecule has 2 heteroatoms. The molecule has 0 heterocycles. The zero-order valence-electron chi connectivity index (χ0n) is 7.75. The second kappa shape index (κ2) is 4.41. The molecule has 1 rings (SSSR count). The van der Waals surface area contributed by atoms with Gasteiger partial charge in [0, 0.05) is 18.7 Å². The van der Waals surface area contributed by atoms with Crippen molar-refractivity contribution < 1.29 is 4.74 Å². The molecule has 0 aromatic carbocycles. The lowest BCUT2D eigenvalue weighted by atomic mass is 9.86. The van der Waals surface area contributed by atoms with Crippen molar-refractivity contribution in [3.05, 3.63) is 12.3 Å². The second-order valence-corrected chi connectivity index (χ2v) is 3.36. The molecule has 0 unspecified atom stereocenters. The first kappa shape index (κ1) is 9.46. The molecule has 68 valence electrons. The summed E-state index contributed by atoms with van der Waals surface area (Å²) in [7, 11) is 1.78. The van der Waals surface area contributed by atoms with Crippen LogP contribution < -0.4 is 0 Å². The predicted molar refractivity (Wildman–Crippen MR) is 51.4 cm³/mol. The fourth-order valence-electron chi connectivity index (χ4n) is 1.76. The monoisotopic (exact) mass is 167 g/mol. The summed E-state index contributed by atoms with van der Waals surface area (Å²) in [5.74, 6) is 0.550. The van der Waals surface area contributed by atoms with E-state index < -0.39 is 0 Å². The number of nitrogens with zero attached hydrogens (tertiary/aromatic N) is 1. The Morgan fingerprint density at radius 2 is 1.92 bits per heavy atom. The highest BCUT2D eigenvalue weighted by Crippen LogP contribution is 2.30. The highest BCUT2D eigenvalue weighted by atomic mass is 16.5. The molecule has 1 saturated carbocycles. The van der Waals surface area contributed by atoms with Crippen LogP contribution in [0.5, 0.6) is 0 Å². The van der Waals surface area contributed by atoms with Crippen molar-refractivity contribution >= 4 is 6.72 Å². The lowest BCUT2D eigenvalue weighted by molar-refractivity contribution is 0.0613. The third-order valence-corrected chi connectivity index (χ3v) is 2.68. The summed E-state index contributed by atoms with van der Waals surface area (Å²) in [6.07, 6.45) is 5.02. The topological polar surface area (TPSA) is 21.6 Å². The van der Waals surface area contributed by atoms with Crippen molar-refractivity contribution in [1.29, 1.82) is 0 Å². The van der Waals surface area contributed by atoms with Crippen LogP contribution in [0.4, 0.5) is 0 Å². The van der Waals surface area contributed by atoms with Gasteiger partial charge in [0.2, 0.25) is 0 Å². The van der Waals surface area contributed by atoms with Crippen LogP contribution in [0.25, 0.3) is 0 Å². The third-order valence-electron chi connectivity index (χ3n) is 2.68. The van der Waals surface area contributed by atoms with Crippen LogP contribution in [-0.4, -0.2) is 19.9 Å². The summed E-state index contributed by atoms with van der Waals surface area (Å²) < 4.78 is 5.28. The molecule has 0 aliphatic heterocycles. The molecule has 0 amide bonds. The fraction of sp³-hybridized carbons (Fsp3) is 0.700. The van der Waals surface area contributed by atoms with Crippen molar-refractivity contribution in [3.63, 3.8) is 0 Å². The highest BCUT2D eigenvalue weighted by molar-refractivity contribution is 5.28. The van der Waals surface area contributed by atoms with Crippen LogP contribution in [0.15, 0.2) is 17.3 Å². The number of ether oxygens (including phenoxy) is 1. The molecular weight excluding hydrogens is 150 g/mol. The van der Waals surface area contributed by atoms with Crippen LogP contribution in [-0.2, 0) is 4.74 Å². The van der Waals surface area contributed by atoms with Gasteiger partial charge in [-0.2, -0.15) is 0 Å². The van der Waals surface area contributed by atoms with E-state index >= 15 is 0 Å². The summed E-state index contributed by atoms with van der Waals surface area (Å²) in [5, 5.41) is 0. The van der Waals surface area contributed by atoms with Gasteiger partial charge < -0.3 is 4.74 Å². The molecule has 0 N–H and O–H groups in total. The Kier molecular flexibility index (Phi) is 3.48. The zero-order chi connectivity index (χ0) is 8.97. The number of allylic oxidation sites excluding steroid dienone is 1. The fourth-order valence-corrected chi connectivity index (χ4v) is 1.76. The molecular formula is C10H17NO. The molecule has 0 aromatic heterocycles. The van der Waals surface area contributed by atoms with Gasteiger partial charge in [0.05, 0.1) is 6.10 Å². The Morgan fingerprint density at radius 3 is 2.33 bits per heavy atom. The zero-order valence-corrected chi connectivity index (χ0v) is 7.75. The van der Waals surface area contributed by atoms with Crippen molar-refractivity contribution in [2.24, 2.45) is 10.9 Å². The number of hydrogen-bond donors (Lipinski definition) is 0. The quantitative estimate of drug-likeness (QED) is 0.591. The van der Waals surface area contributed by atoms with E-state index in [0.29, 0.717) is 12.0 Å². The van der Waals surface area contributed by atoms with Crippen LogP contribution >= 0.6 is 0 Å². The number of hydrogen-bond acceptors (Lipinski definition) is 2. The highest BCUT2D eigenvalue weighted by Gasteiger charge is 2.21. The van der Waals surface area contributed by atoms with Crippen molar-refractivity contribution in [1.82, 2.24) is 0 Å². The van der Waals surface area contributed by atoms with E-state index in [-0.39, 0.29) is 0 Å². The van der Waals surface area contributed by atoms with Gasteiger partial charge in [-0.05, 0) is 32.4 Å². The van der Waals surface area contributed by atoms with E-state index in [4.69, 9.17) is 4.74 Å². The Morgan fingerprint density at radius 1 is 1.33 bits per heavy atom. The largest absolute Gasteiger partial charge is 0.381 e. The van der Waals surface area contributed by atoms with E-state index in [1.165, 1.54) is 0 Å². The Hall–Kier alpha value is -0.630. The molecule has 1 aliphatic rings. The summed E-state index contributed by atoms with van der Waals surface area (Å²) in [6, 6.07) is 0. The van der Waals surface area contributed by atoms with Crippen molar-refractivity contribution in [3.8, 4) is 0 Å². The van der Waals surface area contributed by atoms with Crippen LogP contribution in [0, 0.1) is 5.92 Å². The van der Waals surface area contributed by atoms with Crippen LogP contribution in [0.2, 0.25) is 0 Å². The van der Waals surface area contributed by atoms with Gasteiger partial charge in [-0.25, -0.2) is 0 Å². The van der Waals surface area contributed by atoms with Gasteiger partial charge in [0.15, 0.2) is 0 Å². The van der Waals surface area contributed by atoms with Crippen molar-refractivity contribution in [2.75, 3.05) is 7.11 Å².